The minimum absolute atomic E-state index is 0.175. The molecule has 4 rings (SSSR count). The zero-order chi connectivity index (χ0) is 23.3. The Morgan fingerprint density at radius 1 is 0.875 bits per heavy atom. The van der Waals surface area contributed by atoms with Gasteiger partial charge in [0.1, 0.15) is 35.4 Å². The number of nitriles is 4. The minimum atomic E-state index is -4.65. The molecule has 9 heteroatoms. The molecular formula is C23H13F3N4S2. The van der Waals surface area contributed by atoms with E-state index in [1.165, 1.54) is 18.2 Å². The molecule has 2 atom stereocenters. The topological polar surface area (TPSA) is 95.2 Å². The second kappa shape index (κ2) is 7.49. The van der Waals surface area contributed by atoms with E-state index in [1.807, 2.05) is 0 Å². The van der Waals surface area contributed by atoms with Gasteiger partial charge in [0.15, 0.2) is 4.75 Å². The highest BCUT2D eigenvalue weighted by Gasteiger charge is 2.73. The molecule has 32 heavy (non-hydrogen) atoms. The van der Waals surface area contributed by atoms with Crippen molar-refractivity contribution < 1.29 is 13.2 Å². The fraction of sp³-hybridized carbons (Fsp3) is 0.304. The maximum Gasteiger partial charge on any atom is 0.409 e. The third kappa shape index (κ3) is 2.90. The zero-order valence-electron chi connectivity index (χ0n) is 16.7. The summed E-state index contributed by atoms with van der Waals surface area (Å²) in [6.07, 6.45) is 2.95. The molecule has 1 saturated carbocycles. The number of thioether (sulfide) groups is 2. The number of fused-ring (bicyclic) bond motifs is 4. The molecule has 2 aliphatic carbocycles. The van der Waals surface area contributed by atoms with Crippen molar-refractivity contribution in [1.82, 2.24) is 0 Å². The fourth-order valence-corrected chi connectivity index (χ4v) is 7.98. The molecule has 2 unspecified atom stereocenters. The first-order chi connectivity index (χ1) is 15.1. The Morgan fingerprint density at radius 2 is 1.34 bits per heavy atom. The molecule has 0 amide bonds. The van der Waals surface area contributed by atoms with Gasteiger partial charge in [-0.15, -0.1) is 23.5 Å². The molecule has 0 aromatic carbocycles. The monoisotopic (exact) mass is 466 g/mol. The second-order valence-electron chi connectivity index (χ2n) is 7.71. The SMILES string of the molecule is CC12SC(C=C(C#N)C#N)=CC1=C1CCCC1=C1C=C(C=C(C#N)C#N)SC12C(F)(F)F. The van der Waals surface area contributed by atoms with Crippen LogP contribution in [0.2, 0.25) is 0 Å². The van der Waals surface area contributed by atoms with Gasteiger partial charge in [0.05, 0.1) is 4.75 Å². The lowest BCUT2D eigenvalue weighted by Crippen LogP contribution is -2.59. The van der Waals surface area contributed by atoms with Crippen molar-refractivity contribution in [3.63, 3.8) is 0 Å². The molecule has 4 aliphatic rings. The first-order valence-corrected chi connectivity index (χ1v) is 11.2. The number of alkyl halides is 3. The molecule has 0 radical (unpaired) electrons. The van der Waals surface area contributed by atoms with Gasteiger partial charge in [-0.1, -0.05) is 0 Å². The molecule has 158 valence electrons. The summed E-state index contributed by atoms with van der Waals surface area (Å²) in [7, 11) is 0. The largest absolute Gasteiger partial charge is 0.409 e. The standard InChI is InChI=1S/C23H13F3N4S2/c1-21-19(7-15(31-21)5-13(9-27)10-28)17-3-2-4-18(17)20-8-16(6-14(11-29)12-30)32-22(20,21)23(24,25)26/h5-8H,2-4H2,1H3. The number of hydrogen-bond donors (Lipinski definition) is 0. The molecular weight excluding hydrogens is 453 g/mol. The Bertz CT molecular complexity index is 1270. The van der Waals surface area contributed by atoms with Crippen molar-refractivity contribution in [2.75, 3.05) is 0 Å². The van der Waals surface area contributed by atoms with Gasteiger partial charge in [0.2, 0.25) is 0 Å². The van der Waals surface area contributed by atoms with E-state index in [2.05, 4.69) is 0 Å². The van der Waals surface area contributed by atoms with E-state index in [9.17, 15) is 0 Å². The van der Waals surface area contributed by atoms with Gasteiger partial charge in [0, 0.05) is 9.81 Å². The Kier molecular flexibility index (Phi) is 5.17. The molecule has 2 aliphatic heterocycles. The molecule has 4 nitrogen and oxygen atoms in total. The zero-order valence-corrected chi connectivity index (χ0v) is 18.3. The second-order valence-corrected chi connectivity index (χ2v) is 10.5. The van der Waals surface area contributed by atoms with E-state index in [4.69, 9.17) is 21.0 Å². The summed E-state index contributed by atoms with van der Waals surface area (Å²) in [6, 6.07) is 6.93. The summed E-state index contributed by atoms with van der Waals surface area (Å²) in [5, 5.41) is 36.4. The Hall–Kier alpha value is -3.11. The van der Waals surface area contributed by atoms with Crippen LogP contribution in [0.3, 0.4) is 0 Å². The summed E-state index contributed by atoms with van der Waals surface area (Å²) in [4.78, 5) is 0.652. The van der Waals surface area contributed by atoms with Crippen molar-refractivity contribution in [2.45, 2.75) is 41.9 Å². The Morgan fingerprint density at radius 3 is 1.84 bits per heavy atom. The summed E-state index contributed by atoms with van der Waals surface area (Å²) in [6.45, 7) is 1.56. The average Bonchev–Trinajstić information content (AvgIpc) is 3.45. The van der Waals surface area contributed by atoms with Crippen molar-refractivity contribution >= 4 is 23.5 Å². The maximum atomic E-state index is 15.0. The fourth-order valence-electron chi connectivity index (χ4n) is 4.82. The molecule has 2 heterocycles. The lowest BCUT2D eigenvalue weighted by Gasteiger charge is -2.49. The van der Waals surface area contributed by atoms with E-state index < -0.39 is 15.7 Å². The van der Waals surface area contributed by atoms with Crippen molar-refractivity contribution in [2.24, 2.45) is 0 Å². The van der Waals surface area contributed by atoms with E-state index in [0.29, 0.717) is 40.7 Å². The normalized spacial score (nSPS) is 27.6. The summed E-state index contributed by atoms with van der Waals surface area (Å²) in [5.74, 6) is 0. The number of nitrogens with zero attached hydrogens (tertiary/aromatic N) is 4. The highest BCUT2D eigenvalue weighted by molar-refractivity contribution is 8.09. The van der Waals surface area contributed by atoms with E-state index in [1.54, 1.807) is 37.3 Å². The smallest absolute Gasteiger partial charge is 0.192 e. The van der Waals surface area contributed by atoms with Crippen LogP contribution in [-0.2, 0) is 0 Å². The van der Waals surface area contributed by atoms with Gasteiger partial charge in [-0.2, -0.15) is 34.2 Å². The number of allylic oxidation sites excluding steroid dienone is 8. The number of hydrogen-bond acceptors (Lipinski definition) is 6. The van der Waals surface area contributed by atoms with Gasteiger partial charge < -0.3 is 0 Å². The quantitative estimate of drug-likeness (QED) is 0.460. The van der Waals surface area contributed by atoms with Crippen LogP contribution in [0.5, 0.6) is 0 Å². The van der Waals surface area contributed by atoms with Crippen LogP contribution in [-0.4, -0.2) is 15.7 Å². The van der Waals surface area contributed by atoms with Crippen LogP contribution in [0, 0.1) is 45.3 Å². The van der Waals surface area contributed by atoms with Crippen LogP contribution >= 0.6 is 23.5 Å². The first-order valence-electron chi connectivity index (χ1n) is 9.54. The van der Waals surface area contributed by atoms with Crippen LogP contribution in [0.25, 0.3) is 0 Å². The van der Waals surface area contributed by atoms with Gasteiger partial charge in [-0.25, -0.2) is 0 Å². The molecule has 0 spiro atoms. The van der Waals surface area contributed by atoms with Gasteiger partial charge in [-0.3, -0.25) is 0 Å². The summed E-state index contributed by atoms with van der Waals surface area (Å²) < 4.78 is 41.3. The Labute approximate surface area is 191 Å². The molecule has 0 bridgehead atoms. The Balaban J connectivity index is 1.98. The maximum absolute atomic E-state index is 15.0. The van der Waals surface area contributed by atoms with Crippen molar-refractivity contribution in [1.29, 1.82) is 21.0 Å². The number of rotatable bonds is 2. The van der Waals surface area contributed by atoms with Crippen LogP contribution in [0.15, 0.2) is 67.6 Å². The van der Waals surface area contributed by atoms with Gasteiger partial charge >= 0.3 is 6.18 Å². The minimum Gasteiger partial charge on any atom is -0.192 e. The van der Waals surface area contributed by atoms with Crippen LogP contribution < -0.4 is 0 Å². The third-order valence-electron chi connectivity index (χ3n) is 6.05. The molecule has 0 saturated heterocycles. The third-order valence-corrected chi connectivity index (χ3v) is 9.23. The average molecular weight is 467 g/mol. The van der Waals surface area contributed by atoms with E-state index >= 15 is 13.2 Å². The lowest BCUT2D eigenvalue weighted by molar-refractivity contribution is -0.153. The molecule has 0 N–H and O–H groups in total. The van der Waals surface area contributed by atoms with E-state index in [0.717, 1.165) is 23.8 Å². The predicted octanol–water partition coefficient (Wildman–Crippen LogP) is 6.05. The lowest BCUT2D eigenvalue weighted by atomic mass is 9.71. The summed E-state index contributed by atoms with van der Waals surface area (Å²) in [5.41, 5.74) is 1.88. The van der Waals surface area contributed by atoms with Crippen LogP contribution in [0.4, 0.5) is 13.2 Å². The molecule has 0 aromatic heterocycles. The predicted molar refractivity (Wildman–Crippen MR) is 115 cm³/mol. The summed E-state index contributed by atoms with van der Waals surface area (Å²) >= 11 is 1.63. The highest BCUT2D eigenvalue weighted by atomic mass is 32.2. The van der Waals surface area contributed by atoms with Crippen molar-refractivity contribution in [3.05, 3.63) is 67.6 Å². The van der Waals surface area contributed by atoms with Crippen molar-refractivity contribution in [3.8, 4) is 24.3 Å². The number of halogens is 3. The molecule has 1 fully saturated rings. The first kappa shape index (κ1) is 22.1. The molecule has 0 aromatic rings. The van der Waals surface area contributed by atoms with Gasteiger partial charge in [-0.05, 0) is 72.8 Å². The van der Waals surface area contributed by atoms with Gasteiger partial charge in [0.25, 0.3) is 0 Å². The van der Waals surface area contributed by atoms with Crippen LogP contribution in [0.1, 0.15) is 26.2 Å². The highest BCUT2D eigenvalue weighted by Crippen LogP contribution is 2.72. The van der Waals surface area contributed by atoms with E-state index in [-0.39, 0.29) is 21.6 Å².